The first kappa shape index (κ1) is 19.0. The van der Waals surface area contributed by atoms with Gasteiger partial charge in [-0.2, -0.15) is 0 Å². The summed E-state index contributed by atoms with van der Waals surface area (Å²) in [6.07, 6.45) is 0. The molecule has 6 nitrogen and oxygen atoms in total. The highest BCUT2D eigenvalue weighted by Gasteiger charge is 2.22. The molecule has 0 spiro atoms. The van der Waals surface area contributed by atoms with Crippen molar-refractivity contribution in [2.24, 2.45) is 0 Å². The number of nitrogens with one attached hydrogen (secondary N) is 1. The third-order valence-electron chi connectivity index (χ3n) is 4.64. The van der Waals surface area contributed by atoms with E-state index in [2.05, 4.69) is 5.32 Å². The summed E-state index contributed by atoms with van der Waals surface area (Å²) in [7, 11) is 1.62. The Morgan fingerprint density at radius 3 is 2.90 bits per heavy atom. The second-order valence-corrected chi connectivity index (χ2v) is 7.59. The van der Waals surface area contributed by atoms with Gasteiger partial charge in [-0.05, 0) is 47.3 Å². The van der Waals surface area contributed by atoms with Crippen LogP contribution in [0.2, 0.25) is 0 Å². The van der Waals surface area contributed by atoms with Gasteiger partial charge in [0.1, 0.15) is 11.5 Å². The lowest BCUT2D eigenvalue weighted by Crippen LogP contribution is -2.31. The van der Waals surface area contributed by atoms with Crippen molar-refractivity contribution in [2.45, 2.75) is 13.1 Å². The zero-order valence-electron chi connectivity index (χ0n) is 15.9. The molecule has 0 saturated carbocycles. The van der Waals surface area contributed by atoms with Gasteiger partial charge >= 0.3 is 0 Å². The van der Waals surface area contributed by atoms with Gasteiger partial charge in [0.2, 0.25) is 0 Å². The molecule has 2 heterocycles. The molecule has 7 heteroatoms. The van der Waals surface area contributed by atoms with Crippen LogP contribution in [-0.4, -0.2) is 30.4 Å². The number of hydrogen-bond donors (Lipinski definition) is 1. The van der Waals surface area contributed by atoms with Crippen molar-refractivity contribution in [1.82, 2.24) is 4.90 Å². The Labute approximate surface area is 172 Å². The van der Waals surface area contributed by atoms with Gasteiger partial charge in [0.25, 0.3) is 11.8 Å². The highest BCUT2D eigenvalue weighted by atomic mass is 32.1. The fourth-order valence-electron chi connectivity index (χ4n) is 3.18. The molecule has 0 unspecified atom stereocenters. The summed E-state index contributed by atoms with van der Waals surface area (Å²) in [5.74, 6) is 1.16. The van der Waals surface area contributed by atoms with E-state index in [-0.39, 0.29) is 18.4 Å². The summed E-state index contributed by atoms with van der Waals surface area (Å²) >= 11 is 1.39. The summed E-state index contributed by atoms with van der Waals surface area (Å²) in [5.41, 5.74) is 2.49. The number of rotatable bonds is 5. The lowest BCUT2D eigenvalue weighted by atomic mass is 10.1. The molecular weight excluding hydrogens is 388 g/mol. The van der Waals surface area contributed by atoms with Crippen LogP contribution in [-0.2, 0) is 17.9 Å². The van der Waals surface area contributed by atoms with Crippen molar-refractivity contribution in [1.29, 1.82) is 0 Å². The van der Waals surface area contributed by atoms with E-state index in [1.807, 2.05) is 41.8 Å². The SMILES string of the molecule is COc1cccc(CN2Cc3cc(NC(=O)c4cccs4)ccc3OCC2=O)c1. The Morgan fingerprint density at radius 1 is 1.21 bits per heavy atom. The maximum atomic E-state index is 12.6. The quantitative estimate of drug-likeness (QED) is 0.695. The third-order valence-corrected chi connectivity index (χ3v) is 5.50. The Bertz CT molecular complexity index is 1030. The Hall–Kier alpha value is -3.32. The second-order valence-electron chi connectivity index (χ2n) is 6.64. The summed E-state index contributed by atoms with van der Waals surface area (Å²) in [5, 5.41) is 4.76. The molecule has 0 bridgehead atoms. The summed E-state index contributed by atoms with van der Waals surface area (Å²) < 4.78 is 10.9. The van der Waals surface area contributed by atoms with Gasteiger partial charge in [0.15, 0.2) is 6.61 Å². The number of ether oxygens (including phenoxy) is 2. The van der Waals surface area contributed by atoms with E-state index in [1.165, 1.54) is 11.3 Å². The number of amides is 2. The van der Waals surface area contributed by atoms with Crippen LogP contribution in [0.25, 0.3) is 0 Å². The minimum Gasteiger partial charge on any atom is -0.497 e. The van der Waals surface area contributed by atoms with Crippen LogP contribution in [0.4, 0.5) is 5.69 Å². The maximum Gasteiger partial charge on any atom is 0.265 e. The topological polar surface area (TPSA) is 67.9 Å². The van der Waals surface area contributed by atoms with E-state index in [1.54, 1.807) is 30.2 Å². The van der Waals surface area contributed by atoms with Crippen molar-refractivity contribution in [3.8, 4) is 11.5 Å². The Kier molecular flexibility index (Phi) is 5.48. The number of benzene rings is 2. The van der Waals surface area contributed by atoms with Crippen LogP contribution >= 0.6 is 11.3 Å². The maximum absolute atomic E-state index is 12.6. The minimum atomic E-state index is -0.154. The van der Waals surface area contributed by atoms with Crippen LogP contribution < -0.4 is 14.8 Å². The molecule has 1 N–H and O–H groups in total. The summed E-state index contributed by atoms with van der Waals surface area (Å²) in [6.45, 7) is 0.830. The van der Waals surface area contributed by atoms with E-state index in [9.17, 15) is 9.59 Å². The molecule has 1 aromatic heterocycles. The van der Waals surface area contributed by atoms with E-state index in [0.29, 0.717) is 29.4 Å². The summed E-state index contributed by atoms with van der Waals surface area (Å²) in [4.78, 5) is 27.3. The molecule has 0 atom stereocenters. The Morgan fingerprint density at radius 2 is 2.10 bits per heavy atom. The highest BCUT2D eigenvalue weighted by Crippen LogP contribution is 2.28. The van der Waals surface area contributed by atoms with Crippen LogP contribution in [0.5, 0.6) is 11.5 Å². The van der Waals surface area contributed by atoms with Gasteiger partial charge in [-0.3, -0.25) is 9.59 Å². The fourth-order valence-corrected chi connectivity index (χ4v) is 3.80. The predicted octanol–water partition coefficient (Wildman–Crippen LogP) is 3.93. The molecule has 2 aromatic carbocycles. The number of thiophene rings is 1. The fraction of sp³-hybridized carbons (Fsp3) is 0.182. The third kappa shape index (κ3) is 4.41. The molecule has 0 saturated heterocycles. The molecule has 1 aliphatic rings. The van der Waals surface area contributed by atoms with Crippen LogP contribution in [0.1, 0.15) is 20.8 Å². The normalized spacial score (nSPS) is 13.3. The monoisotopic (exact) mass is 408 g/mol. The van der Waals surface area contributed by atoms with E-state index >= 15 is 0 Å². The van der Waals surface area contributed by atoms with Crippen LogP contribution in [0.3, 0.4) is 0 Å². The van der Waals surface area contributed by atoms with Gasteiger partial charge in [-0.1, -0.05) is 18.2 Å². The standard InChI is InChI=1S/C22H20N2O4S/c1-27-18-5-2-4-15(10-18)12-24-13-16-11-17(7-8-19(16)28-14-21(24)25)23-22(26)20-6-3-9-29-20/h2-11H,12-14H2,1H3,(H,23,26). The van der Waals surface area contributed by atoms with Crippen LogP contribution in [0.15, 0.2) is 60.0 Å². The number of hydrogen-bond acceptors (Lipinski definition) is 5. The average molecular weight is 408 g/mol. The minimum absolute atomic E-state index is 0.0160. The van der Waals surface area contributed by atoms with Crippen molar-refractivity contribution >= 4 is 28.8 Å². The molecular formula is C22H20N2O4S. The molecule has 0 aliphatic carbocycles. The number of fused-ring (bicyclic) bond motifs is 1. The number of carbonyl (C=O) groups excluding carboxylic acids is 2. The smallest absolute Gasteiger partial charge is 0.265 e. The molecule has 148 valence electrons. The second kappa shape index (κ2) is 8.36. The van der Waals surface area contributed by atoms with E-state index in [4.69, 9.17) is 9.47 Å². The molecule has 0 fully saturated rings. The van der Waals surface area contributed by atoms with Crippen molar-refractivity contribution < 1.29 is 19.1 Å². The average Bonchev–Trinajstić information content (AvgIpc) is 3.23. The largest absolute Gasteiger partial charge is 0.497 e. The highest BCUT2D eigenvalue weighted by molar-refractivity contribution is 7.12. The van der Waals surface area contributed by atoms with Crippen molar-refractivity contribution in [2.75, 3.05) is 19.0 Å². The summed E-state index contributed by atoms with van der Waals surface area (Å²) in [6, 6.07) is 16.7. The number of anilines is 1. The van der Waals surface area contributed by atoms with E-state index < -0.39 is 0 Å². The van der Waals surface area contributed by atoms with Gasteiger partial charge in [0.05, 0.1) is 12.0 Å². The predicted molar refractivity (Wildman–Crippen MR) is 111 cm³/mol. The van der Waals surface area contributed by atoms with Gasteiger partial charge in [-0.25, -0.2) is 0 Å². The first-order chi connectivity index (χ1) is 14.1. The van der Waals surface area contributed by atoms with Gasteiger partial charge in [0, 0.05) is 24.3 Å². The Balaban J connectivity index is 1.53. The first-order valence-electron chi connectivity index (χ1n) is 9.13. The molecule has 29 heavy (non-hydrogen) atoms. The lowest BCUT2D eigenvalue weighted by molar-refractivity contribution is -0.133. The van der Waals surface area contributed by atoms with E-state index in [0.717, 1.165) is 16.9 Å². The zero-order valence-corrected chi connectivity index (χ0v) is 16.7. The first-order valence-corrected chi connectivity index (χ1v) is 10.0. The lowest BCUT2D eigenvalue weighted by Gasteiger charge is -2.20. The van der Waals surface area contributed by atoms with Gasteiger partial charge < -0.3 is 19.7 Å². The van der Waals surface area contributed by atoms with Gasteiger partial charge in [-0.15, -0.1) is 11.3 Å². The molecule has 0 radical (unpaired) electrons. The number of methoxy groups -OCH3 is 1. The van der Waals surface area contributed by atoms with Crippen molar-refractivity contribution in [3.63, 3.8) is 0 Å². The number of carbonyl (C=O) groups is 2. The van der Waals surface area contributed by atoms with Crippen molar-refractivity contribution in [3.05, 3.63) is 76.0 Å². The van der Waals surface area contributed by atoms with Crippen LogP contribution in [0, 0.1) is 0 Å². The molecule has 1 aliphatic heterocycles. The molecule has 3 aromatic rings. The number of nitrogens with zero attached hydrogens (tertiary/aromatic N) is 1. The molecule has 2 amide bonds. The zero-order chi connectivity index (χ0) is 20.2. The molecule has 4 rings (SSSR count).